The van der Waals surface area contributed by atoms with Gasteiger partial charge in [-0.15, -0.1) is 0 Å². The highest BCUT2D eigenvalue weighted by molar-refractivity contribution is 5.72. The lowest BCUT2D eigenvalue weighted by Gasteiger charge is -2.30. The number of hydrogen-bond acceptors (Lipinski definition) is 22. The minimum atomic E-state index is -0.304. The third kappa shape index (κ3) is 39.6. The molecule has 0 spiro atoms. The lowest BCUT2D eigenvalue weighted by Crippen LogP contribution is -2.43. The van der Waals surface area contributed by atoms with Crippen LogP contribution in [0.15, 0.2) is 0 Å². The zero-order valence-electron chi connectivity index (χ0n) is 58.5. The molecular weight excluding hydrogens is 1130 g/mol. The maximum Gasteiger partial charge on any atom is 0.320 e. The smallest absolute Gasteiger partial charge is 0.320 e. The Balaban J connectivity index is 0.000000503. The normalized spacial score (nSPS) is 32.9. The van der Waals surface area contributed by atoms with Gasteiger partial charge in [-0.3, -0.25) is 9.59 Å². The van der Waals surface area contributed by atoms with Crippen molar-refractivity contribution in [2.45, 2.75) is 310 Å². The molecule has 9 fully saturated rings. The van der Waals surface area contributed by atoms with Crippen molar-refractivity contribution in [2.75, 3.05) is 110 Å². The van der Waals surface area contributed by atoms with E-state index in [9.17, 15) is 14.7 Å². The van der Waals surface area contributed by atoms with Crippen LogP contribution < -0.4 is 59.3 Å². The number of ether oxygens (including phenoxy) is 6. The van der Waals surface area contributed by atoms with Gasteiger partial charge in [0.05, 0.1) is 56.3 Å². The van der Waals surface area contributed by atoms with Gasteiger partial charge in [0.1, 0.15) is 12.2 Å². The van der Waals surface area contributed by atoms with Gasteiger partial charge in [0.15, 0.2) is 0 Å². The number of carbonyl (C=O) groups excluding carboxylic acids is 2. The number of hydrogen-bond donors (Lipinski definition) is 14. The molecule has 17 atom stereocenters. The van der Waals surface area contributed by atoms with E-state index in [0.717, 1.165) is 110 Å². The summed E-state index contributed by atoms with van der Waals surface area (Å²) >= 11 is 0. The molecule has 0 aromatic carbocycles. The molecule has 0 bridgehead atoms. The van der Waals surface area contributed by atoms with Gasteiger partial charge in [-0.25, -0.2) is 0 Å². The SMILES string of the molecule is CCOC1CCCC(NC)C1.CCOC1CCCCC1NC.CNC1CCC(O)C1.CNC1CCCC(O)C1.CNC1CCCC(OC)C1.CNC1CCCC1O.CNC1CCCC1OC(=O)CN.CNC1CCCCC1OC(=O)CN.CNC1CCOC1. The summed E-state index contributed by atoms with van der Waals surface area (Å²) in [5.74, 6) is -0.602. The number of esters is 2. The fourth-order valence-electron chi connectivity index (χ4n) is 13.3. The van der Waals surface area contributed by atoms with Gasteiger partial charge in [0.2, 0.25) is 0 Å². The topological polar surface area (TPSA) is 311 Å². The summed E-state index contributed by atoms with van der Waals surface area (Å²) < 4.78 is 31.9. The summed E-state index contributed by atoms with van der Waals surface area (Å²) in [5, 5.41) is 56.0. The Morgan fingerprint density at radius 1 is 0.404 bits per heavy atom. The zero-order chi connectivity index (χ0) is 66.0. The van der Waals surface area contributed by atoms with Gasteiger partial charge in [-0.05, 0) is 251 Å². The number of aliphatic hydroxyl groups is 3. The van der Waals surface area contributed by atoms with Gasteiger partial charge in [-0.2, -0.15) is 0 Å². The second-order valence-electron chi connectivity index (χ2n) is 25.4. The van der Waals surface area contributed by atoms with E-state index in [1.807, 2.05) is 70.5 Å². The molecule has 0 radical (unpaired) electrons. The van der Waals surface area contributed by atoms with Crippen LogP contribution in [-0.2, 0) is 38.0 Å². The Kier molecular flexibility index (Phi) is 53.1. The van der Waals surface area contributed by atoms with Crippen molar-refractivity contribution in [1.29, 1.82) is 0 Å². The van der Waals surface area contributed by atoms with E-state index in [-0.39, 0.29) is 55.5 Å². The molecular formula is C67H141N11O11. The Hall–Kier alpha value is -1.78. The number of rotatable bonds is 18. The fourth-order valence-corrected chi connectivity index (χ4v) is 13.3. The lowest BCUT2D eigenvalue weighted by atomic mass is 9.92. The van der Waals surface area contributed by atoms with Gasteiger partial charge in [0.25, 0.3) is 0 Å². The Bertz CT molecular complexity index is 1620. The molecule has 9 rings (SSSR count). The van der Waals surface area contributed by atoms with Crippen molar-refractivity contribution in [2.24, 2.45) is 11.5 Å². The molecule has 22 heteroatoms. The first-order chi connectivity index (χ1) is 43.1. The first kappa shape index (κ1) is 85.2. The quantitative estimate of drug-likeness (QED) is 0.0830. The van der Waals surface area contributed by atoms with E-state index < -0.39 is 0 Å². The maximum absolute atomic E-state index is 11.0. The average molecular weight is 1280 g/mol. The number of nitrogens with two attached hydrogens (primary N) is 2. The molecule has 1 heterocycles. The minimum Gasteiger partial charge on any atom is -0.460 e. The van der Waals surface area contributed by atoms with Crippen molar-refractivity contribution in [1.82, 2.24) is 47.9 Å². The highest BCUT2D eigenvalue weighted by Crippen LogP contribution is 2.25. The molecule has 1 saturated heterocycles. The van der Waals surface area contributed by atoms with Crippen LogP contribution in [0.4, 0.5) is 0 Å². The van der Waals surface area contributed by atoms with Gasteiger partial charge < -0.3 is 103 Å². The van der Waals surface area contributed by atoms with Crippen molar-refractivity contribution < 1.29 is 53.3 Å². The fraction of sp³-hybridized carbons (Fsp3) is 0.970. The first-order valence-electron chi connectivity index (χ1n) is 35.3. The third-order valence-electron chi connectivity index (χ3n) is 19.1. The van der Waals surface area contributed by atoms with Crippen LogP contribution in [0.1, 0.15) is 206 Å². The summed E-state index contributed by atoms with van der Waals surface area (Å²) in [4.78, 5) is 21.8. The summed E-state index contributed by atoms with van der Waals surface area (Å²) in [6, 6.07) is 4.75. The summed E-state index contributed by atoms with van der Waals surface area (Å²) in [7, 11) is 19.5. The lowest BCUT2D eigenvalue weighted by molar-refractivity contribution is -0.150. The van der Waals surface area contributed by atoms with Gasteiger partial charge in [-0.1, -0.05) is 19.3 Å². The van der Waals surface area contributed by atoms with Crippen LogP contribution in [0.2, 0.25) is 0 Å². The molecule has 8 saturated carbocycles. The minimum absolute atomic E-state index is 0.0209. The van der Waals surface area contributed by atoms with Crippen LogP contribution in [0, 0.1) is 0 Å². The summed E-state index contributed by atoms with van der Waals surface area (Å²) in [6.45, 7) is 7.65. The van der Waals surface area contributed by atoms with E-state index in [2.05, 4.69) is 61.7 Å². The van der Waals surface area contributed by atoms with E-state index in [0.29, 0.717) is 72.7 Å². The van der Waals surface area contributed by atoms with E-state index >= 15 is 0 Å². The molecule has 0 aromatic rings. The third-order valence-corrected chi connectivity index (χ3v) is 19.1. The standard InChI is InChI=1S/C9H18N2O2.2C9H19NO.C8H16N2O2.C8H17NO.C7H15NO.2C6H13NO.C5H11NO/c1-11-7-4-2-3-5-8(7)13-9(12)6-10;1-3-11-9-6-4-5-8(7-9)10-2;1-3-11-9-7-5-4-6-8(9)10-2;1-10-6-3-2-4-7(6)12-8(11)5-9;1-9-7-4-3-5-8(6-7)10-2;1-8-6-3-2-4-7(9)5-6;1-7-5-2-3-6(8)4-5;1-7-5-3-2-4-6(5)8;1-6-5-2-3-7-4-5/h7-8,11H,2-6,10H2,1H3;2*8-10H,3-7H2,1-2H3;6-7,10H,2-5,9H2,1H3;7-9H,3-6H2,1-2H3;6-9H,2-5H2,1H3;2*5-8H,2-4H2,1H3;5-6H,2-4H2,1H3. The average Bonchev–Trinajstić information content (AvgIpc) is 4.59. The predicted molar refractivity (Wildman–Crippen MR) is 362 cm³/mol. The van der Waals surface area contributed by atoms with Crippen LogP contribution in [0.3, 0.4) is 0 Å². The molecule has 89 heavy (non-hydrogen) atoms. The van der Waals surface area contributed by atoms with Crippen LogP contribution >= 0.6 is 0 Å². The maximum atomic E-state index is 11.0. The number of carbonyl (C=O) groups is 2. The van der Waals surface area contributed by atoms with Gasteiger partial charge in [0, 0.05) is 81.3 Å². The molecule has 22 nitrogen and oxygen atoms in total. The molecule has 9 aliphatic rings. The van der Waals surface area contributed by atoms with E-state index in [1.165, 1.54) is 109 Å². The Labute approximate surface area is 542 Å². The monoisotopic (exact) mass is 1280 g/mol. The number of methoxy groups -OCH3 is 1. The van der Waals surface area contributed by atoms with E-state index in [4.69, 9.17) is 50.1 Å². The molecule has 17 unspecified atom stereocenters. The number of aliphatic hydroxyl groups excluding tert-OH is 3. The van der Waals surface area contributed by atoms with Crippen molar-refractivity contribution in [3.8, 4) is 0 Å². The molecule has 0 aromatic heterocycles. The van der Waals surface area contributed by atoms with Crippen LogP contribution in [-0.4, -0.2) is 241 Å². The van der Waals surface area contributed by atoms with Crippen LogP contribution in [0.25, 0.3) is 0 Å². The van der Waals surface area contributed by atoms with Crippen molar-refractivity contribution in [3.05, 3.63) is 0 Å². The molecule has 16 N–H and O–H groups in total. The zero-order valence-corrected chi connectivity index (χ0v) is 58.5. The van der Waals surface area contributed by atoms with Crippen molar-refractivity contribution >= 4 is 11.9 Å². The first-order valence-corrected chi connectivity index (χ1v) is 35.3. The highest BCUT2D eigenvalue weighted by atomic mass is 16.6. The second-order valence-corrected chi connectivity index (χ2v) is 25.4. The molecule has 1 aliphatic heterocycles. The molecule has 0 amide bonds. The van der Waals surface area contributed by atoms with E-state index in [1.54, 1.807) is 0 Å². The Morgan fingerprint density at radius 3 is 1.18 bits per heavy atom. The van der Waals surface area contributed by atoms with Crippen LogP contribution in [0.5, 0.6) is 0 Å². The molecule has 530 valence electrons. The largest absolute Gasteiger partial charge is 0.460 e. The highest BCUT2D eigenvalue weighted by Gasteiger charge is 2.30. The Morgan fingerprint density at radius 2 is 0.798 bits per heavy atom. The number of nitrogens with one attached hydrogen (secondary N) is 9. The predicted octanol–water partition coefficient (Wildman–Crippen LogP) is 4.66. The second kappa shape index (κ2) is 55.5. The van der Waals surface area contributed by atoms with Gasteiger partial charge >= 0.3 is 11.9 Å². The van der Waals surface area contributed by atoms with Crippen molar-refractivity contribution in [3.63, 3.8) is 0 Å². The summed E-state index contributed by atoms with van der Waals surface area (Å²) in [6.07, 6.45) is 36.2. The summed E-state index contributed by atoms with van der Waals surface area (Å²) in [5.41, 5.74) is 10.3. The molecule has 8 aliphatic carbocycles. The number of likely N-dealkylation sites (N-methyl/N-ethyl adjacent to an activating group) is 5.